The number of fused-ring (bicyclic) bond motifs is 1. The van der Waals surface area contributed by atoms with Crippen molar-refractivity contribution in [2.24, 2.45) is 5.41 Å². The number of carboxylic acid groups (broad SMARTS) is 1. The third-order valence-electron chi connectivity index (χ3n) is 5.60. The predicted octanol–water partition coefficient (Wildman–Crippen LogP) is 3.20. The van der Waals surface area contributed by atoms with Gasteiger partial charge < -0.3 is 15.3 Å². The molecule has 2 aromatic rings. The van der Waals surface area contributed by atoms with Crippen molar-refractivity contribution in [2.75, 3.05) is 13.1 Å². The zero-order valence-electron chi connectivity index (χ0n) is 14.2. The summed E-state index contributed by atoms with van der Waals surface area (Å²) < 4.78 is 0. The number of nitrogens with one attached hydrogen (secondary N) is 1. The van der Waals surface area contributed by atoms with E-state index in [9.17, 15) is 14.7 Å². The normalized spacial score (nSPS) is 28.1. The van der Waals surface area contributed by atoms with Crippen molar-refractivity contribution in [3.05, 3.63) is 48.0 Å². The Bertz CT molecular complexity index is 844. The van der Waals surface area contributed by atoms with E-state index in [-0.39, 0.29) is 18.6 Å². The van der Waals surface area contributed by atoms with Gasteiger partial charge in [-0.15, -0.1) is 0 Å². The molecule has 0 bridgehead atoms. The molecule has 0 radical (unpaired) electrons. The fraction of sp³-hybridized carbons (Fsp3) is 0.400. The first kappa shape index (κ1) is 15.9. The molecule has 130 valence electrons. The highest BCUT2D eigenvalue weighted by Crippen LogP contribution is 2.44. The number of aliphatic carboxylic acids is 1. The summed E-state index contributed by atoms with van der Waals surface area (Å²) in [5.74, 6) is -0.494. The summed E-state index contributed by atoms with van der Waals surface area (Å²) >= 11 is 0. The first-order chi connectivity index (χ1) is 12.0. The van der Waals surface area contributed by atoms with Crippen LogP contribution >= 0.6 is 0 Å². The molecule has 5 nitrogen and oxygen atoms in total. The summed E-state index contributed by atoms with van der Waals surface area (Å²) in [6.45, 7) is 2.48. The number of rotatable bonds is 3. The molecule has 1 aliphatic carbocycles. The molecule has 2 amide bonds. The SMILES string of the molecule is CC1(C(=O)O)CCN(C(=O)N[C@@H]2C[C@H]2c2cccc3ccccc23)C1. The highest BCUT2D eigenvalue weighted by molar-refractivity contribution is 5.87. The Labute approximate surface area is 146 Å². The Morgan fingerprint density at radius 1 is 1.20 bits per heavy atom. The molecule has 2 aliphatic rings. The maximum atomic E-state index is 12.5. The summed E-state index contributed by atoms with van der Waals surface area (Å²) in [6.07, 6.45) is 1.44. The van der Waals surface area contributed by atoms with Gasteiger partial charge in [-0.25, -0.2) is 4.79 Å². The number of nitrogens with zero attached hydrogens (tertiary/aromatic N) is 1. The molecular formula is C20H22N2O3. The minimum Gasteiger partial charge on any atom is -0.481 e. The van der Waals surface area contributed by atoms with Gasteiger partial charge in [0.1, 0.15) is 0 Å². The van der Waals surface area contributed by atoms with Gasteiger partial charge in [0.25, 0.3) is 0 Å². The van der Waals surface area contributed by atoms with Crippen LogP contribution in [-0.2, 0) is 4.79 Å². The second-order valence-electron chi connectivity index (χ2n) is 7.50. The first-order valence-corrected chi connectivity index (χ1v) is 8.74. The lowest BCUT2D eigenvalue weighted by atomic mass is 9.90. The third-order valence-corrected chi connectivity index (χ3v) is 5.60. The highest BCUT2D eigenvalue weighted by atomic mass is 16.4. The van der Waals surface area contributed by atoms with Crippen molar-refractivity contribution in [2.45, 2.75) is 31.7 Å². The zero-order chi connectivity index (χ0) is 17.6. The molecule has 1 aliphatic heterocycles. The van der Waals surface area contributed by atoms with Crippen LogP contribution in [0.5, 0.6) is 0 Å². The van der Waals surface area contributed by atoms with E-state index in [4.69, 9.17) is 0 Å². The van der Waals surface area contributed by atoms with Crippen molar-refractivity contribution >= 4 is 22.8 Å². The highest BCUT2D eigenvalue weighted by Gasteiger charge is 2.45. The van der Waals surface area contributed by atoms with E-state index in [1.54, 1.807) is 11.8 Å². The number of urea groups is 1. The first-order valence-electron chi connectivity index (χ1n) is 8.74. The number of hydrogen-bond acceptors (Lipinski definition) is 2. The van der Waals surface area contributed by atoms with Gasteiger partial charge in [-0.2, -0.15) is 0 Å². The smallest absolute Gasteiger partial charge is 0.317 e. The number of benzene rings is 2. The van der Waals surface area contributed by atoms with Crippen molar-refractivity contribution in [3.63, 3.8) is 0 Å². The maximum Gasteiger partial charge on any atom is 0.317 e. The molecule has 5 heteroatoms. The minimum absolute atomic E-state index is 0.134. The number of likely N-dealkylation sites (tertiary alicyclic amines) is 1. The average molecular weight is 338 g/mol. The van der Waals surface area contributed by atoms with E-state index in [0.29, 0.717) is 18.9 Å². The molecule has 4 rings (SSSR count). The molecule has 1 heterocycles. The van der Waals surface area contributed by atoms with Crippen LogP contribution in [0.15, 0.2) is 42.5 Å². The second kappa shape index (κ2) is 5.76. The largest absolute Gasteiger partial charge is 0.481 e. The van der Waals surface area contributed by atoms with Crippen molar-refractivity contribution in [3.8, 4) is 0 Å². The number of hydrogen-bond donors (Lipinski definition) is 2. The van der Waals surface area contributed by atoms with Crippen LogP contribution in [0.1, 0.15) is 31.2 Å². The monoisotopic (exact) mass is 338 g/mol. The molecular weight excluding hydrogens is 316 g/mol. The average Bonchev–Trinajstić information content (AvgIpc) is 3.24. The van der Waals surface area contributed by atoms with Gasteiger partial charge in [-0.1, -0.05) is 42.5 Å². The molecule has 2 N–H and O–H groups in total. The van der Waals surface area contributed by atoms with Gasteiger partial charge in [0.05, 0.1) is 5.41 Å². The van der Waals surface area contributed by atoms with Gasteiger partial charge in [0.2, 0.25) is 0 Å². The van der Waals surface area contributed by atoms with E-state index in [2.05, 4.69) is 35.6 Å². The van der Waals surface area contributed by atoms with Gasteiger partial charge in [-0.05, 0) is 36.1 Å². The van der Waals surface area contributed by atoms with Crippen LogP contribution in [0.4, 0.5) is 4.79 Å². The Balaban J connectivity index is 1.42. The molecule has 1 saturated carbocycles. The van der Waals surface area contributed by atoms with Crippen LogP contribution in [-0.4, -0.2) is 41.1 Å². The van der Waals surface area contributed by atoms with Crippen LogP contribution in [0, 0.1) is 5.41 Å². The van der Waals surface area contributed by atoms with E-state index in [0.717, 1.165) is 6.42 Å². The summed E-state index contributed by atoms with van der Waals surface area (Å²) in [5.41, 5.74) is 0.454. The molecule has 1 saturated heterocycles. The summed E-state index contributed by atoms with van der Waals surface area (Å²) in [7, 11) is 0. The van der Waals surface area contributed by atoms with Crippen molar-refractivity contribution in [1.29, 1.82) is 0 Å². The molecule has 0 aromatic heterocycles. The quantitative estimate of drug-likeness (QED) is 0.903. The third kappa shape index (κ3) is 2.84. The number of carbonyl (C=O) groups excluding carboxylic acids is 1. The summed E-state index contributed by atoms with van der Waals surface area (Å²) in [4.78, 5) is 25.4. The Morgan fingerprint density at radius 3 is 2.72 bits per heavy atom. The standard InChI is InChI=1S/C20H22N2O3/c1-20(18(23)24)9-10-22(12-20)19(25)21-17-11-16(17)15-8-4-6-13-5-2-3-7-14(13)15/h2-8,16-17H,9-12H2,1H3,(H,21,25)(H,23,24)/t16-,17+,20?/m0/s1. The van der Waals surface area contributed by atoms with E-state index in [1.807, 2.05) is 12.1 Å². The molecule has 2 fully saturated rings. The van der Waals surface area contributed by atoms with Crippen LogP contribution in [0.3, 0.4) is 0 Å². The fourth-order valence-electron chi connectivity index (χ4n) is 3.83. The Morgan fingerprint density at radius 2 is 1.96 bits per heavy atom. The van der Waals surface area contributed by atoms with Crippen molar-refractivity contribution < 1.29 is 14.7 Å². The molecule has 25 heavy (non-hydrogen) atoms. The van der Waals surface area contributed by atoms with E-state index >= 15 is 0 Å². The lowest BCUT2D eigenvalue weighted by molar-refractivity contribution is -0.146. The van der Waals surface area contributed by atoms with Gasteiger partial charge in [-0.3, -0.25) is 4.79 Å². The number of amides is 2. The summed E-state index contributed by atoms with van der Waals surface area (Å²) in [6, 6.07) is 14.6. The number of carbonyl (C=O) groups is 2. The summed E-state index contributed by atoms with van der Waals surface area (Å²) in [5, 5.41) is 14.8. The number of carboxylic acids is 1. The topological polar surface area (TPSA) is 69.6 Å². The van der Waals surface area contributed by atoms with Crippen LogP contribution in [0.2, 0.25) is 0 Å². The van der Waals surface area contributed by atoms with E-state index in [1.165, 1.54) is 16.3 Å². The maximum absolute atomic E-state index is 12.5. The molecule has 2 aromatic carbocycles. The van der Waals surface area contributed by atoms with Gasteiger partial charge >= 0.3 is 12.0 Å². The predicted molar refractivity (Wildman–Crippen MR) is 95.6 cm³/mol. The Kier molecular flexibility index (Phi) is 3.67. The van der Waals surface area contributed by atoms with Crippen LogP contribution < -0.4 is 5.32 Å². The minimum atomic E-state index is -0.831. The molecule has 0 spiro atoms. The van der Waals surface area contributed by atoms with Crippen molar-refractivity contribution in [1.82, 2.24) is 10.2 Å². The van der Waals surface area contributed by atoms with Gasteiger partial charge in [0, 0.05) is 25.0 Å². The second-order valence-corrected chi connectivity index (χ2v) is 7.50. The van der Waals surface area contributed by atoms with Crippen LogP contribution in [0.25, 0.3) is 10.8 Å². The zero-order valence-corrected chi connectivity index (χ0v) is 14.2. The molecule has 3 atom stereocenters. The lowest BCUT2D eigenvalue weighted by Crippen LogP contribution is -2.42. The fourth-order valence-corrected chi connectivity index (χ4v) is 3.83. The molecule has 1 unspecified atom stereocenters. The lowest BCUT2D eigenvalue weighted by Gasteiger charge is -2.20. The Hall–Kier alpha value is -2.56. The van der Waals surface area contributed by atoms with Gasteiger partial charge in [0.15, 0.2) is 0 Å². The van der Waals surface area contributed by atoms with E-state index < -0.39 is 11.4 Å².